The van der Waals surface area contributed by atoms with Crippen LogP contribution in [0.5, 0.6) is 17.2 Å². The molecule has 0 bridgehead atoms. The zero-order valence-electron chi connectivity index (χ0n) is 19.4. The average molecular weight is 487 g/mol. The van der Waals surface area contributed by atoms with Gasteiger partial charge in [0.15, 0.2) is 0 Å². The molecule has 0 spiro atoms. The lowest BCUT2D eigenvalue weighted by molar-refractivity contribution is 0.169. The predicted octanol–water partition coefficient (Wildman–Crippen LogP) is 3.39. The van der Waals surface area contributed by atoms with Crippen molar-refractivity contribution in [3.63, 3.8) is 0 Å². The van der Waals surface area contributed by atoms with E-state index in [0.29, 0.717) is 12.0 Å². The summed E-state index contributed by atoms with van der Waals surface area (Å²) in [5, 5.41) is 24.1. The van der Waals surface area contributed by atoms with Crippen LogP contribution in [0, 0.1) is 0 Å². The van der Waals surface area contributed by atoms with Crippen molar-refractivity contribution in [2.24, 2.45) is 0 Å². The lowest BCUT2D eigenvalue weighted by Crippen LogP contribution is -2.28. The summed E-state index contributed by atoms with van der Waals surface area (Å²) in [6, 6.07) is 19.7. The summed E-state index contributed by atoms with van der Waals surface area (Å²) in [4.78, 5) is 0. The third kappa shape index (κ3) is 7.11. The van der Waals surface area contributed by atoms with Gasteiger partial charge in [-0.3, -0.25) is 4.72 Å². The van der Waals surface area contributed by atoms with E-state index < -0.39 is 16.1 Å². The summed E-state index contributed by atoms with van der Waals surface area (Å²) in [6.45, 7) is 0.204. The van der Waals surface area contributed by atoms with E-state index in [-0.39, 0.29) is 24.0 Å². The van der Waals surface area contributed by atoms with Crippen LogP contribution in [0.3, 0.4) is 0 Å². The van der Waals surface area contributed by atoms with Crippen molar-refractivity contribution in [2.45, 2.75) is 18.6 Å². The van der Waals surface area contributed by atoms with E-state index in [1.807, 2.05) is 48.5 Å². The molecule has 0 aliphatic rings. The standard InChI is InChI=1S/C25H30N2O6S/c1-32-20-9-4-17(5-10-20)14-22(18-6-11-21(33-2)12-7-18)26-16-25(29)19-8-13-24(28)23(15-19)27-34(3,30)31/h4-13,15,22,25-29H,14,16H2,1-3H3. The van der Waals surface area contributed by atoms with E-state index in [4.69, 9.17) is 9.47 Å². The lowest BCUT2D eigenvalue weighted by atomic mass is 9.98. The van der Waals surface area contributed by atoms with E-state index in [0.717, 1.165) is 28.9 Å². The van der Waals surface area contributed by atoms with Crippen molar-refractivity contribution in [2.75, 3.05) is 31.7 Å². The van der Waals surface area contributed by atoms with E-state index in [2.05, 4.69) is 10.0 Å². The first-order valence-corrected chi connectivity index (χ1v) is 12.6. The average Bonchev–Trinajstić information content (AvgIpc) is 2.82. The second-order valence-electron chi connectivity index (χ2n) is 7.95. The highest BCUT2D eigenvalue weighted by Crippen LogP contribution is 2.29. The molecule has 0 amide bonds. The van der Waals surface area contributed by atoms with Crippen LogP contribution < -0.4 is 19.5 Å². The number of phenols is 1. The molecule has 34 heavy (non-hydrogen) atoms. The highest BCUT2D eigenvalue weighted by Gasteiger charge is 2.17. The van der Waals surface area contributed by atoms with Gasteiger partial charge in [-0.25, -0.2) is 8.42 Å². The minimum Gasteiger partial charge on any atom is -0.506 e. The fourth-order valence-electron chi connectivity index (χ4n) is 3.56. The Labute approximate surface area is 200 Å². The molecular weight excluding hydrogens is 456 g/mol. The maximum atomic E-state index is 11.6. The number of aliphatic hydroxyl groups excluding tert-OH is 1. The second kappa shape index (κ2) is 11.2. The normalized spacial score (nSPS) is 13.2. The maximum Gasteiger partial charge on any atom is 0.229 e. The highest BCUT2D eigenvalue weighted by molar-refractivity contribution is 7.92. The van der Waals surface area contributed by atoms with Crippen LogP contribution in [-0.4, -0.2) is 45.7 Å². The van der Waals surface area contributed by atoms with Gasteiger partial charge in [0, 0.05) is 12.6 Å². The first kappa shape index (κ1) is 25.4. The molecule has 3 aromatic rings. The van der Waals surface area contributed by atoms with Crippen molar-refractivity contribution in [1.82, 2.24) is 5.32 Å². The zero-order chi connectivity index (χ0) is 24.7. The van der Waals surface area contributed by atoms with Crippen molar-refractivity contribution < 1.29 is 28.1 Å². The Hall–Kier alpha value is -3.27. The summed E-state index contributed by atoms with van der Waals surface area (Å²) in [6.07, 6.45) is 0.729. The van der Waals surface area contributed by atoms with Gasteiger partial charge in [-0.1, -0.05) is 30.3 Å². The molecule has 3 aromatic carbocycles. The number of anilines is 1. The van der Waals surface area contributed by atoms with Crippen molar-refractivity contribution in [1.29, 1.82) is 0 Å². The number of rotatable bonds is 11. The molecule has 0 aliphatic carbocycles. The van der Waals surface area contributed by atoms with Crippen LogP contribution >= 0.6 is 0 Å². The molecule has 0 saturated heterocycles. The number of benzene rings is 3. The number of ether oxygens (including phenoxy) is 2. The van der Waals surface area contributed by atoms with Gasteiger partial charge < -0.3 is 25.0 Å². The Kier molecular flexibility index (Phi) is 8.38. The Morgan fingerprint density at radius 1 is 0.882 bits per heavy atom. The van der Waals surface area contributed by atoms with Crippen molar-refractivity contribution >= 4 is 15.7 Å². The Bertz CT molecular complexity index is 1180. The topological polar surface area (TPSA) is 117 Å². The Morgan fingerprint density at radius 3 is 2.00 bits per heavy atom. The van der Waals surface area contributed by atoms with E-state index >= 15 is 0 Å². The maximum absolute atomic E-state index is 11.6. The third-order valence-corrected chi connectivity index (χ3v) is 5.97. The molecule has 0 heterocycles. The summed E-state index contributed by atoms with van der Waals surface area (Å²) >= 11 is 0. The summed E-state index contributed by atoms with van der Waals surface area (Å²) in [5.41, 5.74) is 2.60. The molecule has 8 nitrogen and oxygen atoms in total. The summed E-state index contributed by atoms with van der Waals surface area (Å²) < 4.78 is 35.9. The first-order valence-electron chi connectivity index (χ1n) is 10.7. The van der Waals surface area contributed by atoms with Crippen molar-refractivity contribution in [3.8, 4) is 17.2 Å². The molecule has 182 valence electrons. The molecule has 2 atom stereocenters. The molecule has 0 fully saturated rings. The fraction of sp³-hybridized carbons (Fsp3) is 0.280. The molecule has 9 heteroatoms. The largest absolute Gasteiger partial charge is 0.506 e. The number of nitrogens with one attached hydrogen (secondary N) is 2. The highest BCUT2D eigenvalue weighted by atomic mass is 32.2. The lowest BCUT2D eigenvalue weighted by Gasteiger charge is -2.22. The molecule has 0 aromatic heterocycles. The van der Waals surface area contributed by atoms with Gasteiger partial charge in [-0.15, -0.1) is 0 Å². The van der Waals surface area contributed by atoms with Gasteiger partial charge in [-0.2, -0.15) is 0 Å². The molecular formula is C25H30N2O6S. The fourth-order valence-corrected chi connectivity index (χ4v) is 4.12. The summed E-state index contributed by atoms with van der Waals surface area (Å²) in [7, 11) is -0.338. The number of sulfonamides is 1. The number of aliphatic hydroxyl groups is 1. The van der Waals surface area contributed by atoms with Crippen molar-refractivity contribution in [3.05, 3.63) is 83.4 Å². The van der Waals surface area contributed by atoms with Gasteiger partial charge in [-0.05, 0) is 59.5 Å². The van der Waals surface area contributed by atoms with E-state index in [1.54, 1.807) is 20.3 Å². The smallest absolute Gasteiger partial charge is 0.229 e. The van der Waals surface area contributed by atoms with Crippen LogP contribution in [0.15, 0.2) is 66.7 Å². The monoisotopic (exact) mass is 486 g/mol. The SMILES string of the molecule is COc1ccc(CC(NCC(O)c2ccc(O)c(NS(C)(=O)=O)c2)c2ccc(OC)cc2)cc1. The van der Waals surface area contributed by atoms with Gasteiger partial charge >= 0.3 is 0 Å². The minimum atomic E-state index is -3.58. The van der Waals surface area contributed by atoms with Gasteiger partial charge in [0.05, 0.1) is 32.3 Å². The van der Waals surface area contributed by atoms with Crippen LogP contribution in [-0.2, 0) is 16.4 Å². The second-order valence-corrected chi connectivity index (χ2v) is 9.70. The number of aromatic hydroxyl groups is 1. The molecule has 3 rings (SSSR count). The zero-order valence-corrected chi connectivity index (χ0v) is 20.2. The predicted molar refractivity (Wildman–Crippen MR) is 132 cm³/mol. The van der Waals surface area contributed by atoms with E-state index in [1.165, 1.54) is 12.1 Å². The quantitative estimate of drug-likeness (QED) is 0.307. The third-order valence-electron chi connectivity index (χ3n) is 5.38. The molecule has 0 aliphatic heterocycles. The molecule has 2 unspecified atom stereocenters. The Morgan fingerprint density at radius 2 is 1.44 bits per heavy atom. The molecule has 4 N–H and O–H groups in total. The van der Waals surface area contributed by atoms with Crippen LogP contribution in [0.2, 0.25) is 0 Å². The van der Waals surface area contributed by atoms with Gasteiger partial charge in [0.2, 0.25) is 10.0 Å². The van der Waals surface area contributed by atoms with E-state index in [9.17, 15) is 18.6 Å². The Balaban J connectivity index is 1.78. The minimum absolute atomic E-state index is 0.0176. The summed E-state index contributed by atoms with van der Waals surface area (Å²) in [5.74, 6) is 1.31. The van der Waals surface area contributed by atoms with Crippen LogP contribution in [0.4, 0.5) is 5.69 Å². The van der Waals surface area contributed by atoms with Gasteiger partial charge in [0.1, 0.15) is 17.2 Å². The van der Waals surface area contributed by atoms with Crippen LogP contribution in [0.25, 0.3) is 0 Å². The number of hydrogen-bond donors (Lipinski definition) is 4. The van der Waals surface area contributed by atoms with Gasteiger partial charge in [0.25, 0.3) is 0 Å². The first-order chi connectivity index (χ1) is 16.2. The van der Waals surface area contributed by atoms with Crippen LogP contribution in [0.1, 0.15) is 28.8 Å². The number of methoxy groups -OCH3 is 2. The molecule has 0 saturated carbocycles. The number of phenolic OH excluding ortho intramolecular Hbond substituents is 1. The molecule has 0 radical (unpaired) electrons. The number of hydrogen-bond acceptors (Lipinski definition) is 7.